The number of aryl methyl sites for hydroxylation is 1. The van der Waals surface area contributed by atoms with Gasteiger partial charge in [0.25, 0.3) is 5.69 Å². The first kappa shape index (κ1) is 14.6. The summed E-state index contributed by atoms with van der Waals surface area (Å²) in [5.41, 5.74) is -0.325. The van der Waals surface area contributed by atoms with Crippen LogP contribution in [0.3, 0.4) is 0 Å². The van der Waals surface area contributed by atoms with Gasteiger partial charge < -0.3 is 12.4 Å². The molecule has 0 aliphatic heterocycles. The van der Waals surface area contributed by atoms with Gasteiger partial charge in [0.15, 0.2) is 0 Å². The van der Waals surface area contributed by atoms with Gasteiger partial charge in [-0.05, 0) is 6.07 Å². The molecule has 0 spiro atoms. The van der Waals surface area contributed by atoms with E-state index in [4.69, 9.17) is 0 Å². The van der Waals surface area contributed by atoms with Crippen molar-refractivity contribution in [2.75, 3.05) is 0 Å². The molecule has 0 N–H and O–H groups in total. The smallest absolute Gasteiger partial charge is 0.322 e. The monoisotopic (exact) mass is 284 g/mol. The first-order valence-electron chi connectivity index (χ1n) is 4.95. The third-order valence-electron chi connectivity index (χ3n) is 2.41. The lowest BCUT2D eigenvalue weighted by molar-refractivity contribution is -0.670. The Bertz CT molecular complexity index is 640. The van der Waals surface area contributed by atoms with Crippen LogP contribution in [0.4, 0.5) is 11.4 Å². The van der Waals surface area contributed by atoms with Crippen molar-refractivity contribution in [1.29, 1.82) is 0 Å². The molecule has 0 aliphatic carbocycles. The van der Waals surface area contributed by atoms with Crippen LogP contribution in [0.5, 0.6) is 0 Å². The molecular weight excluding hydrogens is 276 g/mol. The molecule has 1 heterocycles. The minimum atomic E-state index is -0.660. The topological polar surface area (TPSA) is 95.1 Å². The number of hydrogen-bond acceptors (Lipinski definition) is 4. The average Bonchev–Trinajstić information content (AvgIpc) is 2.74. The number of halogens is 1. The van der Waals surface area contributed by atoms with Gasteiger partial charge in [0.1, 0.15) is 12.4 Å². The van der Waals surface area contributed by atoms with E-state index in [0.717, 1.165) is 6.07 Å². The van der Waals surface area contributed by atoms with Crippen molar-refractivity contribution >= 4 is 11.4 Å². The molecule has 0 radical (unpaired) electrons. The first-order valence-corrected chi connectivity index (χ1v) is 4.95. The Hall–Kier alpha value is -2.48. The Balaban J connectivity index is 0.00000180. The van der Waals surface area contributed by atoms with Crippen molar-refractivity contribution in [3.8, 4) is 5.69 Å². The fourth-order valence-corrected chi connectivity index (χ4v) is 1.58. The van der Waals surface area contributed by atoms with Gasteiger partial charge in [-0.25, -0.2) is 4.57 Å². The number of hydrogen-bond donors (Lipinski definition) is 0. The summed E-state index contributed by atoms with van der Waals surface area (Å²) >= 11 is 0. The summed E-state index contributed by atoms with van der Waals surface area (Å²) in [6.45, 7) is 0. The molecular formula is C10H9ClN4O4. The van der Waals surface area contributed by atoms with Crippen LogP contribution >= 0.6 is 0 Å². The van der Waals surface area contributed by atoms with E-state index >= 15 is 0 Å². The molecule has 2 aromatic rings. The summed E-state index contributed by atoms with van der Waals surface area (Å²) in [5.74, 6) is 0. The molecule has 1 aromatic carbocycles. The van der Waals surface area contributed by atoms with Crippen LogP contribution in [-0.2, 0) is 7.05 Å². The van der Waals surface area contributed by atoms with Crippen LogP contribution < -0.4 is 17.0 Å². The van der Waals surface area contributed by atoms with Crippen LogP contribution in [0.1, 0.15) is 0 Å². The first-order chi connectivity index (χ1) is 8.49. The molecule has 0 atom stereocenters. The van der Waals surface area contributed by atoms with Gasteiger partial charge in [-0.1, -0.05) is 0 Å². The van der Waals surface area contributed by atoms with E-state index in [9.17, 15) is 20.2 Å². The predicted molar refractivity (Wildman–Crippen MR) is 60.3 cm³/mol. The van der Waals surface area contributed by atoms with Gasteiger partial charge in [0.2, 0.25) is 12.0 Å². The highest BCUT2D eigenvalue weighted by atomic mass is 35.5. The molecule has 0 saturated heterocycles. The molecule has 0 fully saturated rings. The van der Waals surface area contributed by atoms with Crippen molar-refractivity contribution in [3.63, 3.8) is 0 Å². The lowest BCUT2D eigenvalue weighted by Gasteiger charge is -1.98. The zero-order chi connectivity index (χ0) is 13.3. The van der Waals surface area contributed by atoms with Gasteiger partial charge in [0.05, 0.1) is 23.0 Å². The zero-order valence-corrected chi connectivity index (χ0v) is 10.5. The molecule has 2 rings (SSSR count). The van der Waals surface area contributed by atoms with Crippen molar-refractivity contribution in [3.05, 3.63) is 57.1 Å². The second-order valence-electron chi connectivity index (χ2n) is 3.67. The third kappa shape index (κ3) is 2.86. The van der Waals surface area contributed by atoms with E-state index in [1.807, 2.05) is 0 Å². The Kier molecular flexibility index (Phi) is 4.18. The Labute approximate surface area is 113 Å². The minimum absolute atomic E-state index is 0. The molecule has 19 heavy (non-hydrogen) atoms. The predicted octanol–water partition coefficient (Wildman–Crippen LogP) is -1.88. The van der Waals surface area contributed by atoms with Gasteiger partial charge in [0, 0.05) is 6.07 Å². The molecule has 0 unspecified atom stereocenters. The van der Waals surface area contributed by atoms with Gasteiger partial charge in [-0.3, -0.25) is 20.2 Å². The van der Waals surface area contributed by atoms with Crippen LogP contribution in [0.25, 0.3) is 5.69 Å². The van der Waals surface area contributed by atoms with Crippen molar-refractivity contribution in [1.82, 2.24) is 4.57 Å². The number of nitro groups is 2. The molecule has 9 heteroatoms. The molecule has 8 nitrogen and oxygen atoms in total. The fourth-order valence-electron chi connectivity index (χ4n) is 1.58. The largest absolute Gasteiger partial charge is 1.00 e. The lowest BCUT2D eigenvalue weighted by atomic mass is 10.2. The normalized spacial score (nSPS) is 9.74. The van der Waals surface area contributed by atoms with E-state index in [1.165, 1.54) is 16.7 Å². The maximum atomic E-state index is 10.9. The summed E-state index contributed by atoms with van der Waals surface area (Å²) in [4.78, 5) is 20.2. The summed E-state index contributed by atoms with van der Waals surface area (Å²) < 4.78 is 3.24. The summed E-state index contributed by atoms with van der Waals surface area (Å²) in [6, 6.07) is 3.55. The van der Waals surface area contributed by atoms with Gasteiger partial charge in [-0.2, -0.15) is 4.57 Å². The summed E-state index contributed by atoms with van der Waals surface area (Å²) in [7, 11) is 1.77. The van der Waals surface area contributed by atoms with Gasteiger partial charge >= 0.3 is 5.69 Å². The number of imidazole rings is 1. The molecule has 0 saturated carbocycles. The Morgan fingerprint density at radius 1 is 1.21 bits per heavy atom. The van der Waals surface area contributed by atoms with Crippen molar-refractivity contribution in [2.24, 2.45) is 7.05 Å². The second-order valence-corrected chi connectivity index (χ2v) is 3.67. The molecule has 0 aliphatic rings. The maximum Gasteiger partial charge on any atom is 0.322 e. The standard InChI is InChI=1S/C10H9N4O4.ClH/c1-11-4-5-12(7-11)9-3-2-8(13(15)16)6-10(9)14(17)18;/h2-7H,1H3;1H/q+1;/p-1. The van der Waals surface area contributed by atoms with Crippen molar-refractivity contribution in [2.45, 2.75) is 0 Å². The number of nitrogens with zero attached hydrogens (tertiary/aromatic N) is 4. The number of non-ortho nitro benzene ring substituents is 1. The van der Waals surface area contributed by atoms with Crippen LogP contribution in [0.15, 0.2) is 36.9 Å². The Morgan fingerprint density at radius 3 is 2.37 bits per heavy atom. The van der Waals surface area contributed by atoms with E-state index < -0.39 is 9.85 Å². The number of rotatable bonds is 3. The van der Waals surface area contributed by atoms with E-state index in [0.29, 0.717) is 0 Å². The molecule has 100 valence electrons. The third-order valence-corrected chi connectivity index (χ3v) is 2.41. The van der Waals surface area contributed by atoms with E-state index in [-0.39, 0.29) is 29.5 Å². The zero-order valence-electron chi connectivity index (χ0n) is 9.76. The SMILES string of the molecule is C[n+]1ccn(-c2ccc([N+](=O)[O-])cc2[N+](=O)[O-])c1.[Cl-]. The molecule has 0 bridgehead atoms. The highest BCUT2D eigenvalue weighted by Gasteiger charge is 2.23. The number of nitro benzene ring substituents is 2. The highest BCUT2D eigenvalue weighted by molar-refractivity contribution is 5.57. The Morgan fingerprint density at radius 2 is 1.89 bits per heavy atom. The average molecular weight is 285 g/mol. The fraction of sp³-hybridized carbons (Fsp3) is 0.100. The van der Waals surface area contributed by atoms with Gasteiger partial charge in [-0.15, -0.1) is 0 Å². The maximum absolute atomic E-state index is 10.9. The lowest BCUT2D eigenvalue weighted by Crippen LogP contribution is -3.00. The van der Waals surface area contributed by atoms with Crippen LogP contribution in [0, 0.1) is 20.2 Å². The van der Waals surface area contributed by atoms with Crippen LogP contribution in [0.2, 0.25) is 0 Å². The number of aromatic nitrogens is 2. The van der Waals surface area contributed by atoms with E-state index in [2.05, 4.69) is 0 Å². The quantitative estimate of drug-likeness (QED) is 0.374. The summed E-state index contributed by atoms with van der Waals surface area (Å²) in [6.07, 6.45) is 4.98. The van der Waals surface area contributed by atoms with E-state index in [1.54, 1.807) is 30.3 Å². The minimum Gasteiger partial charge on any atom is -1.00 e. The number of benzene rings is 1. The second kappa shape index (κ2) is 5.44. The van der Waals surface area contributed by atoms with Crippen LogP contribution in [-0.4, -0.2) is 14.4 Å². The van der Waals surface area contributed by atoms with Crippen molar-refractivity contribution < 1.29 is 26.8 Å². The molecule has 0 amide bonds. The highest BCUT2D eigenvalue weighted by Crippen LogP contribution is 2.27. The molecule has 1 aromatic heterocycles. The summed E-state index contributed by atoms with van der Waals surface area (Å²) in [5, 5.41) is 21.5.